The number of carbonyl (C=O) groups excluding carboxylic acids is 1. The molecule has 3 N–H and O–H groups in total. The topological polar surface area (TPSA) is 87.3 Å². The molecular formula is C19H25N3O3S. The Kier molecular flexibility index (Phi) is 7.77. The van der Waals surface area contributed by atoms with Gasteiger partial charge in [0.05, 0.1) is 4.90 Å². The third kappa shape index (κ3) is 6.25. The second-order valence-corrected chi connectivity index (χ2v) is 7.61. The van der Waals surface area contributed by atoms with Crippen molar-refractivity contribution in [2.75, 3.05) is 19.6 Å². The van der Waals surface area contributed by atoms with Gasteiger partial charge < -0.3 is 10.6 Å². The molecule has 0 spiro atoms. The molecule has 0 aliphatic rings. The standard InChI is InChI=1S/C19H25N3O3S/c1-2-11-20-12-13-21-19(23)17-9-6-10-18(14-17)26(24,25)22-15-16-7-4-3-5-8-16/h3-10,14,20,22H,2,11-13,15H2,1H3,(H,21,23). The van der Waals surface area contributed by atoms with E-state index in [1.165, 1.54) is 12.1 Å². The first-order chi connectivity index (χ1) is 12.5. The predicted octanol–water partition coefficient (Wildman–Crippen LogP) is 1.89. The van der Waals surface area contributed by atoms with E-state index < -0.39 is 10.0 Å². The zero-order valence-corrected chi connectivity index (χ0v) is 15.7. The van der Waals surface area contributed by atoms with Gasteiger partial charge in [0.15, 0.2) is 0 Å². The van der Waals surface area contributed by atoms with Crippen LogP contribution in [0.2, 0.25) is 0 Å². The van der Waals surface area contributed by atoms with Crippen LogP contribution in [-0.2, 0) is 16.6 Å². The number of nitrogens with one attached hydrogen (secondary N) is 3. The highest BCUT2D eigenvalue weighted by atomic mass is 32.2. The maximum absolute atomic E-state index is 12.5. The Morgan fingerprint density at radius 1 is 0.962 bits per heavy atom. The van der Waals surface area contributed by atoms with Crippen LogP contribution in [0, 0.1) is 0 Å². The van der Waals surface area contributed by atoms with Crippen LogP contribution >= 0.6 is 0 Å². The molecule has 0 saturated carbocycles. The van der Waals surface area contributed by atoms with Crippen LogP contribution in [0.3, 0.4) is 0 Å². The van der Waals surface area contributed by atoms with Crippen LogP contribution in [0.25, 0.3) is 0 Å². The quantitative estimate of drug-likeness (QED) is 0.554. The van der Waals surface area contributed by atoms with Gasteiger partial charge in [-0.05, 0) is 36.7 Å². The number of hydrogen-bond acceptors (Lipinski definition) is 4. The molecule has 0 bridgehead atoms. The summed E-state index contributed by atoms with van der Waals surface area (Å²) in [5.41, 5.74) is 1.19. The first-order valence-electron chi connectivity index (χ1n) is 8.65. The molecule has 1 amide bonds. The van der Waals surface area contributed by atoms with Gasteiger partial charge in [-0.25, -0.2) is 13.1 Å². The van der Waals surface area contributed by atoms with Crippen molar-refractivity contribution in [3.05, 3.63) is 65.7 Å². The molecule has 0 aliphatic carbocycles. The number of sulfonamides is 1. The van der Waals surface area contributed by atoms with Crippen molar-refractivity contribution in [1.29, 1.82) is 0 Å². The molecule has 0 radical (unpaired) electrons. The third-order valence-electron chi connectivity index (χ3n) is 3.73. The summed E-state index contributed by atoms with van der Waals surface area (Å²) < 4.78 is 27.5. The van der Waals surface area contributed by atoms with Crippen molar-refractivity contribution in [1.82, 2.24) is 15.4 Å². The molecule has 2 aromatic carbocycles. The molecule has 26 heavy (non-hydrogen) atoms. The molecule has 0 aliphatic heterocycles. The van der Waals surface area contributed by atoms with E-state index in [1.807, 2.05) is 30.3 Å². The van der Waals surface area contributed by atoms with Crippen molar-refractivity contribution in [2.45, 2.75) is 24.8 Å². The lowest BCUT2D eigenvalue weighted by molar-refractivity contribution is 0.0953. The summed E-state index contributed by atoms with van der Waals surface area (Å²) in [6, 6.07) is 15.3. The summed E-state index contributed by atoms with van der Waals surface area (Å²) in [5.74, 6) is -0.289. The molecule has 0 heterocycles. The molecule has 0 unspecified atom stereocenters. The van der Waals surface area contributed by atoms with Gasteiger partial charge in [-0.2, -0.15) is 0 Å². The van der Waals surface area contributed by atoms with Crippen molar-refractivity contribution >= 4 is 15.9 Å². The van der Waals surface area contributed by atoms with E-state index in [1.54, 1.807) is 12.1 Å². The van der Waals surface area contributed by atoms with Gasteiger partial charge >= 0.3 is 0 Å². The van der Waals surface area contributed by atoms with Gasteiger partial charge in [-0.15, -0.1) is 0 Å². The number of amides is 1. The fourth-order valence-electron chi connectivity index (χ4n) is 2.33. The summed E-state index contributed by atoms with van der Waals surface area (Å²) in [6.07, 6.45) is 1.03. The molecule has 140 valence electrons. The van der Waals surface area contributed by atoms with Gasteiger partial charge in [-0.3, -0.25) is 4.79 Å². The number of rotatable bonds is 10. The maximum Gasteiger partial charge on any atom is 0.251 e. The van der Waals surface area contributed by atoms with Gasteiger partial charge in [0, 0.05) is 25.2 Å². The van der Waals surface area contributed by atoms with Gasteiger partial charge in [0.2, 0.25) is 10.0 Å². The zero-order valence-electron chi connectivity index (χ0n) is 14.9. The molecule has 0 atom stereocenters. The first kappa shape index (κ1) is 20.1. The lowest BCUT2D eigenvalue weighted by Gasteiger charge is -2.09. The van der Waals surface area contributed by atoms with E-state index in [9.17, 15) is 13.2 Å². The van der Waals surface area contributed by atoms with Crippen molar-refractivity contribution in [3.8, 4) is 0 Å². The molecule has 0 fully saturated rings. The fraction of sp³-hybridized carbons (Fsp3) is 0.316. The zero-order chi connectivity index (χ0) is 18.8. The highest BCUT2D eigenvalue weighted by molar-refractivity contribution is 7.89. The van der Waals surface area contributed by atoms with E-state index in [2.05, 4.69) is 22.3 Å². The Hall–Kier alpha value is -2.22. The highest BCUT2D eigenvalue weighted by Crippen LogP contribution is 2.12. The van der Waals surface area contributed by atoms with Gasteiger partial charge in [-0.1, -0.05) is 43.3 Å². The molecular weight excluding hydrogens is 350 g/mol. The third-order valence-corrected chi connectivity index (χ3v) is 5.13. The minimum atomic E-state index is -3.69. The number of carbonyl (C=O) groups is 1. The summed E-state index contributed by atoms with van der Waals surface area (Å²) in [7, 11) is -3.69. The smallest absolute Gasteiger partial charge is 0.251 e. The van der Waals surface area contributed by atoms with Gasteiger partial charge in [0.25, 0.3) is 5.91 Å². The normalized spacial score (nSPS) is 11.3. The highest BCUT2D eigenvalue weighted by Gasteiger charge is 2.16. The molecule has 2 rings (SSSR count). The monoisotopic (exact) mass is 375 g/mol. The SMILES string of the molecule is CCCNCCNC(=O)c1cccc(S(=O)(=O)NCc2ccccc2)c1. The molecule has 2 aromatic rings. The Balaban J connectivity index is 1.97. The second kappa shape index (κ2) is 10.1. The average Bonchev–Trinajstić information content (AvgIpc) is 2.67. The van der Waals surface area contributed by atoms with E-state index >= 15 is 0 Å². The summed E-state index contributed by atoms with van der Waals surface area (Å²) in [5, 5.41) is 5.97. The second-order valence-electron chi connectivity index (χ2n) is 5.84. The molecule has 7 heteroatoms. The largest absolute Gasteiger partial charge is 0.351 e. The Labute approximate surface area is 155 Å². The fourth-order valence-corrected chi connectivity index (χ4v) is 3.39. The van der Waals surface area contributed by atoms with Crippen molar-refractivity contribution in [3.63, 3.8) is 0 Å². The Bertz CT molecular complexity index is 808. The minimum Gasteiger partial charge on any atom is -0.351 e. The number of hydrogen-bond donors (Lipinski definition) is 3. The number of benzene rings is 2. The maximum atomic E-state index is 12.5. The minimum absolute atomic E-state index is 0.0742. The average molecular weight is 375 g/mol. The van der Waals surface area contributed by atoms with Crippen LogP contribution in [0.15, 0.2) is 59.5 Å². The van der Waals surface area contributed by atoms with E-state index in [-0.39, 0.29) is 17.3 Å². The van der Waals surface area contributed by atoms with Crippen LogP contribution in [0.5, 0.6) is 0 Å². The molecule has 6 nitrogen and oxygen atoms in total. The Morgan fingerprint density at radius 2 is 1.73 bits per heavy atom. The van der Waals surface area contributed by atoms with Crippen LogP contribution in [-0.4, -0.2) is 34.0 Å². The van der Waals surface area contributed by atoms with Crippen LogP contribution in [0.1, 0.15) is 29.3 Å². The van der Waals surface area contributed by atoms with Crippen LogP contribution in [0.4, 0.5) is 0 Å². The lowest BCUT2D eigenvalue weighted by Crippen LogP contribution is -2.32. The van der Waals surface area contributed by atoms with Gasteiger partial charge in [0.1, 0.15) is 0 Å². The van der Waals surface area contributed by atoms with Crippen LogP contribution < -0.4 is 15.4 Å². The summed E-state index contributed by atoms with van der Waals surface area (Å²) in [6.45, 7) is 4.33. The predicted molar refractivity (Wildman–Crippen MR) is 102 cm³/mol. The lowest BCUT2D eigenvalue weighted by atomic mass is 10.2. The van der Waals surface area contributed by atoms with Crippen molar-refractivity contribution in [2.24, 2.45) is 0 Å². The van der Waals surface area contributed by atoms with E-state index in [4.69, 9.17) is 0 Å². The molecule has 0 saturated heterocycles. The van der Waals surface area contributed by atoms with E-state index in [0.717, 1.165) is 18.5 Å². The summed E-state index contributed by atoms with van der Waals surface area (Å²) in [4.78, 5) is 12.3. The van der Waals surface area contributed by atoms with Crippen molar-refractivity contribution < 1.29 is 13.2 Å². The first-order valence-corrected chi connectivity index (χ1v) is 10.1. The molecule has 0 aromatic heterocycles. The Morgan fingerprint density at radius 3 is 2.46 bits per heavy atom. The summed E-state index contributed by atoms with van der Waals surface area (Å²) >= 11 is 0. The van der Waals surface area contributed by atoms with E-state index in [0.29, 0.717) is 18.7 Å².